The van der Waals surface area contributed by atoms with Crippen LogP contribution in [0.4, 0.5) is 5.82 Å². The molecule has 1 fully saturated rings. The Morgan fingerprint density at radius 2 is 2.12 bits per heavy atom. The minimum Gasteiger partial charge on any atom is -0.507 e. The van der Waals surface area contributed by atoms with Gasteiger partial charge >= 0.3 is 0 Å². The van der Waals surface area contributed by atoms with Gasteiger partial charge in [-0.1, -0.05) is 18.1 Å². The summed E-state index contributed by atoms with van der Waals surface area (Å²) in [7, 11) is 0. The third-order valence-corrected chi connectivity index (χ3v) is 4.97. The summed E-state index contributed by atoms with van der Waals surface area (Å²) in [5.74, 6) is 1.22. The highest BCUT2D eigenvalue weighted by Crippen LogP contribution is 2.38. The lowest BCUT2D eigenvalue weighted by Gasteiger charge is -2.28. The first-order valence-corrected chi connectivity index (χ1v) is 8.61. The maximum atomic E-state index is 10.2. The van der Waals surface area contributed by atoms with E-state index in [-0.39, 0.29) is 17.5 Å². The number of hydrogen-bond acceptors (Lipinski definition) is 6. The second-order valence-electron chi connectivity index (χ2n) is 6.79. The molecule has 0 aliphatic heterocycles. The highest BCUT2D eigenvalue weighted by atomic mass is 16.3. The fourth-order valence-electron chi connectivity index (χ4n) is 3.61. The number of benzene rings is 1. The van der Waals surface area contributed by atoms with Gasteiger partial charge in [-0.25, -0.2) is 9.97 Å². The van der Waals surface area contributed by atoms with Crippen LogP contribution in [0.25, 0.3) is 11.4 Å². The Morgan fingerprint density at radius 1 is 1.32 bits per heavy atom. The van der Waals surface area contributed by atoms with Crippen LogP contribution in [0, 0.1) is 24.2 Å². The number of hydrogen-bond donors (Lipinski definition) is 3. The van der Waals surface area contributed by atoms with E-state index in [0.717, 1.165) is 31.2 Å². The summed E-state index contributed by atoms with van der Waals surface area (Å²) in [6, 6.07) is 7.42. The van der Waals surface area contributed by atoms with Gasteiger partial charge in [0.1, 0.15) is 23.2 Å². The first kappa shape index (κ1) is 17.2. The van der Waals surface area contributed by atoms with E-state index in [9.17, 15) is 10.4 Å². The molecule has 1 saturated carbocycles. The van der Waals surface area contributed by atoms with Gasteiger partial charge in [0.2, 0.25) is 0 Å². The molecule has 2 atom stereocenters. The molecule has 5 N–H and O–H groups in total. The van der Waals surface area contributed by atoms with Gasteiger partial charge in [-0.15, -0.1) is 0 Å². The van der Waals surface area contributed by atoms with E-state index < -0.39 is 0 Å². The van der Waals surface area contributed by atoms with Crippen LogP contribution in [0.3, 0.4) is 0 Å². The molecule has 130 valence electrons. The summed E-state index contributed by atoms with van der Waals surface area (Å²) in [5.41, 5.74) is 14.4. The number of nitrogen functional groups attached to an aromatic ring is 1. The number of nitrogens with two attached hydrogens (primary N) is 2. The summed E-state index contributed by atoms with van der Waals surface area (Å²) >= 11 is 0. The van der Waals surface area contributed by atoms with Crippen molar-refractivity contribution in [2.24, 2.45) is 11.7 Å². The zero-order valence-corrected chi connectivity index (χ0v) is 14.4. The topological polar surface area (TPSA) is 122 Å². The third-order valence-electron chi connectivity index (χ3n) is 4.97. The van der Waals surface area contributed by atoms with E-state index in [1.807, 2.05) is 19.1 Å². The number of phenolic OH excluding ortho intramolecular Hbond substituents is 1. The standard InChI is InChI=1S/C19H23N5O/c1-11-5-6-16(25)14(7-11)19-23-17(15(10-21)18(22)24-19)13-4-2-3-12(8-13)9-20/h5-7,12-13,25H,2-4,8-9,20H2,1H3,(H2,22,23,24). The second-order valence-corrected chi connectivity index (χ2v) is 6.79. The van der Waals surface area contributed by atoms with Crippen LogP contribution < -0.4 is 11.5 Å². The highest BCUT2D eigenvalue weighted by Gasteiger charge is 2.27. The molecule has 3 rings (SSSR count). The normalized spacial score (nSPS) is 20.2. The van der Waals surface area contributed by atoms with Gasteiger partial charge in [0, 0.05) is 5.92 Å². The SMILES string of the molecule is Cc1ccc(O)c(-c2nc(N)c(C#N)c(C3CCCC(CN)C3)n2)c1. The molecular formula is C19H23N5O. The van der Waals surface area contributed by atoms with Crippen LogP contribution in [0.2, 0.25) is 0 Å². The van der Waals surface area contributed by atoms with E-state index in [1.165, 1.54) is 0 Å². The van der Waals surface area contributed by atoms with Crippen molar-refractivity contribution in [2.75, 3.05) is 12.3 Å². The predicted molar refractivity (Wildman–Crippen MR) is 96.8 cm³/mol. The summed E-state index contributed by atoms with van der Waals surface area (Å²) in [5, 5.41) is 19.7. The Balaban J connectivity index is 2.10. The van der Waals surface area contributed by atoms with Crippen molar-refractivity contribution in [3.63, 3.8) is 0 Å². The van der Waals surface area contributed by atoms with Crippen LogP contribution in [0.1, 0.15) is 48.4 Å². The molecule has 0 amide bonds. The molecule has 0 saturated heterocycles. The number of aryl methyl sites for hydroxylation is 1. The van der Waals surface area contributed by atoms with Crippen molar-refractivity contribution < 1.29 is 5.11 Å². The average Bonchev–Trinajstić information content (AvgIpc) is 2.63. The van der Waals surface area contributed by atoms with Crippen LogP contribution in [-0.4, -0.2) is 21.6 Å². The first-order chi connectivity index (χ1) is 12.0. The Labute approximate surface area is 147 Å². The molecule has 2 aromatic rings. The molecule has 25 heavy (non-hydrogen) atoms. The fourth-order valence-corrected chi connectivity index (χ4v) is 3.61. The van der Waals surface area contributed by atoms with E-state index >= 15 is 0 Å². The average molecular weight is 337 g/mol. The predicted octanol–water partition coefficient (Wildman–Crippen LogP) is 2.84. The van der Waals surface area contributed by atoms with Crippen LogP contribution in [0.15, 0.2) is 18.2 Å². The molecule has 1 aliphatic rings. The Bertz CT molecular complexity index is 827. The smallest absolute Gasteiger partial charge is 0.165 e. The van der Waals surface area contributed by atoms with Gasteiger partial charge in [0.25, 0.3) is 0 Å². The molecule has 1 heterocycles. The molecule has 0 radical (unpaired) electrons. The lowest BCUT2D eigenvalue weighted by molar-refractivity contribution is 0.324. The number of anilines is 1. The highest BCUT2D eigenvalue weighted by molar-refractivity contribution is 5.67. The minimum absolute atomic E-state index is 0.101. The summed E-state index contributed by atoms with van der Waals surface area (Å²) in [6.45, 7) is 2.58. The van der Waals surface area contributed by atoms with Crippen LogP contribution in [-0.2, 0) is 0 Å². The summed E-state index contributed by atoms with van der Waals surface area (Å²) in [6.07, 6.45) is 4.04. The van der Waals surface area contributed by atoms with Crippen molar-refractivity contribution in [1.29, 1.82) is 5.26 Å². The maximum Gasteiger partial charge on any atom is 0.165 e. The van der Waals surface area contributed by atoms with E-state index in [0.29, 0.717) is 35.1 Å². The molecule has 6 heteroatoms. The molecule has 1 aliphatic carbocycles. The summed E-state index contributed by atoms with van der Waals surface area (Å²) in [4.78, 5) is 8.92. The fraction of sp³-hybridized carbons (Fsp3) is 0.421. The largest absolute Gasteiger partial charge is 0.507 e. The molecule has 0 spiro atoms. The van der Waals surface area contributed by atoms with Crippen molar-refractivity contribution in [2.45, 2.75) is 38.5 Å². The first-order valence-electron chi connectivity index (χ1n) is 8.61. The molecule has 1 aromatic heterocycles. The zero-order valence-electron chi connectivity index (χ0n) is 14.4. The van der Waals surface area contributed by atoms with Crippen LogP contribution in [0.5, 0.6) is 5.75 Å². The lowest BCUT2D eigenvalue weighted by Crippen LogP contribution is -2.23. The van der Waals surface area contributed by atoms with Gasteiger partial charge in [-0.2, -0.15) is 5.26 Å². The molecule has 1 aromatic carbocycles. The van der Waals surface area contributed by atoms with E-state index in [2.05, 4.69) is 16.0 Å². The molecule has 6 nitrogen and oxygen atoms in total. The van der Waals surface area contributed by atoms with Gasteiger partial charge in [-0.05, 0) is 50.8 Å². The third kappa shape index (κ3) is 3.42. The van der Waals surface area contributed by atoms with Gasteiger partial charge < -0.3 is 16.6 Å². The monoisotopic (exact) mass is 337 g/mol. The molecule has 2 unspecified atom stereocenters. The van der Waals surface area contributed by atoms with E-state index in [4.69, 9.17) is 11.5 Å². The van der Waals surface area contributed by atoms with Crippen molar-refractivity contribution in [3.05, 3.63) is 35.0 Å². The number of aromatic nitrogens is 2. The molecular weight excluding hydrogens is 314 g/mol. The van der Waals surface area contributed by atoms with Crippen molar-refractivity contribution in [3.8, 4) is 23.2 Å². The Kier molecular flexibility index (Phi) is 4.86. The number of nitrogens with zero attached hydrogens (tertiary/aromatic N) is 3. The molecule has 0 bridgehead atoms. The maximum absolute atomic E-state index is 10.2. The lowest BCUT2D eigenvalue weighted by atomic mass is 9.79. The second kappa shape index (κ2) is 7.08. The van der Waals surface area contributed by atoms with Gasteiger partial charge in [0.15, 0.2) is 5.82 Å². The van der Waals surface area contributed by atoms with Gasteiger partial charge in [0.05, 0.1) is 11.3 Å². The van der Waals surface area contributed by atoms with Crippen molar-refractivity contribution >= 4 is 5.82 Å². The number of nitriles is 1. The number of aromatic hydroxyl groups is 1. The number of rotatable bonds is 3. The quantitative estimate of drug-likeness (QED) is 0.791. The Morgan fingerprint density at radius 3 is 2.84 bits per heavy atom. The van der Waals surface area contributed by atoms with Crippen molar-refractivity contribution in [1.82, 2.24) is 9.97 Å². The minimum atomic E-state index is 0.101. The Hall–Kier alpha value is -2.65. The zero-order chi connectivity index (χ0) is 18.0. The van der Waals surface area contributed by atoms with Crippen LogP contribution >= 0.6 is 0 Å². The van der Waals surface area contributed by atoms with E-state index in [1.54, 1.807) is 6.07 Å². The van der Waals surface area contributed by atoms with Gasteiger partial charge in [-0.3, -0.25) is 0 Å². The number of phenols is 1. The summed E-state index contributed by atoms with van der Waals surface area (Å²) < 4.78 is 0.